The van der Waals surface area contributed by atoms with Gasteiger partial charge in [0.25, 0.3) is 11.6 Å². The number of hydrogen-bond donors (Lipinski definition) is 3. The molecule has 9 nitrogen and oxygen atoms in total. The first-order valence-corrected chi connectivity index (χ1v) is 8.63. The number of alkyl halides is 3. The van der Waals surface area contributed by atoms with Crippen LogP contribution in [0.4, 0.5) is 18.9 Å². The molecule has 0 aromatic heterocycles. The molecule has 0 heterocycles. The molecule has 0 aliphatic heterocycles. The van der Waals surface area contributed by atoms with Crippen LogP contribution in [0.2, 0.25) is 0 Å². The lowest BCUT2D eigenvalue weighted by molar-refractivity contribution is -0.384. The van der Waals surface area contributed by atoms with E-state index in [1.165, 1.54) is 13.2 Å². The van der Waals surface area contributed by atoms with E-state index in [1.54, 1.807) is 0 Å². The van der Waals surface area contributed by atoms with Crippen LogP contribution in [0.3, 0.4) is 0 Å². The molecule has 1 amide bonds. The van der Waals surface area contributed by atoms with Crippen molar-refractivity contribution in [2.24, 2.45) is 0 Å². The second-order valence-corrected chi connectivity index (χ2v) is 6.38. The smallest absolute Gasteiger partial charge is 0.416 e. The Balaban J connectivity index is 2.20. The van der Waals surface area contributed by atoms with Gasteiger partial charge in [0.05, 0.1) is 17.6 Å². The molecule has 0 spiro atoms. The molecule has 0 saturated heterocycles. The Hall–Kier alpha value is -3.67. The predicted molar refractivity (Wildman–Crippen MR) is 99.3 cm³/mol. The highest BCUT2D eigenvalue weighted by atomic mass is 19.4. The minimum atomic E-state index is -4.60. The van der Waals surface area contributed by atoms with Crippen molar-refractivity contribution in [3.8, 4) is 5.75 Å². The van der Waals surface area contributed by atoms with Crippen molar-refractivity contribution in [3.05, 3.63) is 69.3 Å². The average Bonchev–Trinajstić information content (AvgIpc) is 2.71. The average molecular weight is 442 g/mol. The molecular formula is C19H17F3N2O7. The van der Waals surface area contributed by atoms with Gasteiger partial charge in [-0.25, -0.2) is 4.79 Å². The number of carbonyl (C=O) groups is 2. The standard InChI is InChI=1S/C19H17F3N2O7/c1-31-15-7-6-13(24(29)30)8-11(15)9-14(18(27)28)23-17(26)16(25)10-2-4-12(5-3-10)19(20,21)22/h2-8,14,16,25H,9H2,1H3,(H,23,26)(H,27,28)/t14-,16+/m1/s1. The minimum absolute atomic E-state index is 0.119. The van der Waals surface area contributed by atoms with Gasteiger partial charge in [0.2, 0.25) is 0 Å². The molecule has 31 heavy (non-hydrogen) atoms. The number of halogens is 3. The van der Waals surface area contributed by atoms with Crippen LogP contribution in [-0.4, -0.2) is 40.2 Å². The van der Waals surface area contributed by atoms with Gasteiger partial charge in [-0.2, -0.15) is 13.2 Å². The second-order valence-electron chi connectivity index (χ2n) is 6.38. The number of nitrogens with one attached hydrogen (secondary N) is 1. The summed E-state index contributed by atoms with van der Waals surface area (Å²) in [5.74, 6) is -2.52. The molecule has 166 valence electrons. The Kier molecular flexibility index (Phi) is 7.18. The number of aliphatic hydroxyl groups is 1. The number of rotatable bonds is 8. The number of carboxylic acid groups (broad SMARTS) is 1. The number of amides is 1. The van der Waals surface area contributed by atoms with Gasteiger partial charge in [-0.05, 0) is 23.8 Å². The van der Waals surface area contributed by atoms with Gasteiger partial charge in [0.1, 0.15) is 11.8 Å². The lowest BCUT2D eigenvalue weighted by atomic mass is 10.0. The summed E-state index contributed by atoms with van der Waals surface area (Å²) in [5.41, 5.74) is -1.36. The SMILES string of the molecule is COc1ccc([N+](=O)[O-])cc1C[C@@H](NC(=O)[C@@H](O)c1ccc(C(F)(F)F)cc1)C(=O)O. The van der Waals surface area contributed by atoms with Crippen LogP contribution in [-0.2, 0) is 22.2 Å². The van der Waals surface area contributed by atoms with Gasteiger partial charge in [-0.3, -0.25) is 14.9 Å². The maximum absolute atomic E-state index is 12.6. The van der Waals surface area contributed by atoms with Crippen molar-refractivity contribution in [1.29, 1.82) is 0 Å². The van der Waals surface area contributed by atoms with Crippen molar-refractivity contribution in [1.82, 2.24) is 5.32 Å². The highest BCUT2D eigenvalue weighted by Gasteiger charge is 2.31. The van der Waals surface area contributed by atoms with Crippen molar-refractivity contribution in [2.75, 3.05) is 7.11 Å². The number of nitro benzene ring substituents is 1. The lowest BCUT2D eigenvalue weighted by Gasteiger charge is -2.19. The van der Waals surface area contributed by atoms with Gasteiger partial charge in [-0.15, -0.1) is 0 Å². The number of carboxylic acids is 1. The summed E-state index contributed by atoms with van der Waals surface area (Å²) in [4.78, 5) is 34.1. The van der Waals surface area contributed by atoms with E-state index in [4.69, 9.17) is 4.74 Å². The van der Waals surface area contributed by atoms with Crippen LogP contribution in [0, 0.1) is 10.1 Å². The van der Waals surface area contributed by atoms with Crippen molar-refractivity contribution in [2.45, 2.75) is 24.7 Å². The Morgan fingerprint density at radius 2 is 1.81 bits per heavy atom. The van der Waals surface area contributed by atoms with Gasteiger partial charge in [-0.1, -0.05) is 12.1 Å². The molecule has 12 heteroatoms. The van der Waals surface area contributed by atoms with Crippen molar-refractivity contribution < 1.29 is 42.6 Å². The molecule has 0 radical (unpaired) electrons. The van der Waals surface area contributed by atoms with Crippen molar-refractivity contribution >= 4 is 17.6 Å². The summed E-state index contributed by atoms with van der Waals surface area (Å²) in [6, 6.07) is 5.05. The predicted octanol–water partition coefficient (Wildman–Crippen LogP) is 2.47. The summed E-state index contributed by atoms with van der Waals surface area (Å²) in [6.45, 7) is 0. The highest BCUT2D eigenvalue weighted by molar-refractivity contribution is 5.87. The van der Waals surface area contributed by atoms with E-state index in [2.05, 4.69) is 5.32 Å². The monoisotopic (exact) mass is 442 g/mol. The molecular weight excluding hydrogens is 425 g/mol. The number of aliphatic hydroxyl groups excluding tert-OH is 1. The van der Waals surface area contributed by atoms with Crippen LogP contribution in [0.1, 0.15) is 22.8 Å². The van der Waals surface area contributed by atoms with Crippen LogP contribution in [0.25, 0.3) is 0 Å². The first kappa shape index (κ1) is 23.6. The van der Waals surface area contributed by atoms with E-state index in [-0.39, 0.29) is 22.6 Å². The zero-order chi connectivity index (χ0) is 23.3. The Morgan fingerprint density at radius 1 is 1.19 bits per heavy atom. The van der Waals surface area contributed by atoms with Crippen molar-refractivity contribution in [3.63, 3.8) is 0 Å². The summed E-state index contributed by atoms with van der Waals surface area (Å²) < 4.78 is 42.9. The number of nitro groups is 1. The van der Waals surface area contributed by atoms with Crippen LogP contribution in [0.15, 0.2) is 42.5 Å². The third-order valence-electron chi connectivity index (χ3n) is 4.32. The number of benzene rings is 2. The molecule has 0 aliphatic rings. The van der Waals surface area contributed by atoms with E-state index in [0.717, 1.165) is 24.3 Å². The number of nitrogens with zero attached hydrogens (tertiary/aromatic N) is 1. The topological polar surface area (TPSA) is 139 Å². The number of methoxy groups -OCH3 is 1. The molecule has 0 saturated carbocycles. The fraction of sp³-hybridized carbons (Fsp3) is 0.263. The Labute approximate surface area is 173 Å². The number of hydrogen-bond acceptors (Lipinski definition) is 6. The van der Waals surface area contributed by atoms with Crippen LogP contribution in [0.5, 0.6) is 5.75 Å². The third kappa shape index (κ3) is 5.92. The molecule has 0 unspecified atom stereocenters. The summed E-state index contributed by atoms with van der Waals surface area (Å²) in [7, 11) is 1.27. The van der Waals surface area contributed by atoms with E-state index >= 15 is 0 Å². The molecule has 2 aromatic carbocycles. The van der Waals surface area contributed by atoms with Gasteiger partial charge >= 0.3 is 12.1 Å². The fourth-order valence-electron chi connectivity index (χ4n) is 2.71. The Bertz CT molecular complexity index is 977. The summed E-state index contributed by atoms with van der Waals surface area (Å²) in [6.07, 6.45) is -6.94. The van der Waals surface area contributed by atoms with Crippen LogP contribution < -0.4 is 10.1 Å². The van der Waals surface area contributed by atoms with E-state index in [9.17, 15) is 43.1 Å². The van der Waals surface area contributed by atoms with E-state index < -0.39 is 47.1 Å². The lowest BCUT2D eigenvalue weighted by Crippen LogP contribution is -2.44. The maximum Gasteiger partial charge on any atom is 0.416 e. The first-order valence-electron chi connectivity index (χ1n) is 8.63. The first-order chi connectivity index (χ1) is 14.4. The second kappa shape index (κ2) is 9.43. The van der Waals surface area contributed by atoms with Gasteiger partial charge in [0, 0.05) is 24.1 Å². The fourth-order valence-corrected chi connectivity index (χ4v) is 2.71. The number of aliphatic carboxylic acids is 1. The minimum Gasteiger partial charge on any atom is -0.496 e. The molecule has 2 atom stereocenters. The quantitative estimate of drug-likeness (QED) is 0.422. The summed E-state index contributed by atoms with van der Waals surface area (Å²) >= 11 is 0. The van der Waals surface area contributed by atoms with Gasteiger partial charge < -0.3 is 20.3 Å². The Morgan fingerprint density at radius 3 is 2.29 bits per heavy atom. The molecule has 0 aliphatic carbocycles. The van der Waals surface area contributed by atoms with E-state index in [0.29, 0.717) is 12.1 Å². The third-order valence-corrected chi connectivity index (χ3v) is 4.32. The van der Waals surface area contributed by atoms with E-state index in [1.807, 2.05) is 0 Å². The molecule has 2 rings (SSSR count). The molecule has 3 N–H and O–H groups in total. The number of ether oxygens (including phenoxy) is 1. The summed E-state index contributed by atoms with van der Waals surface area (Å²) in [5, 5.41) is 32.5. The largest absolute Gasteiger partial charge is 0.496 e. The normalized spacial score (nSPS) is 13.2. The van der Waals surface area contributed by atoms with Crippen LogP contribution >= 0.6 is 0 Å². The zero-order valence-electron chi connectivity index (χ0n) is 15.9. The molecule has 0 bridgehead atoms. The van der Waals surface area contributed by atoms with Gasteiger partial charge in [0.15, 0.2) is 6.10 Å². The molecule has 2 aromatic rings. The highest BCUT2D eigenvalue weighted by Crippen LogP contribution is 2.30. The number of carbonyl (C=O) groups excluding carboxylic acids is 1. The molecule has 0 fully saturated rings. The number of non-ortho nitro benzene ring substituents is 1. The maximum atomic E-state index is 12.6. The zero-order valence-corrected chi connectivity index (χ0v) is 15.9.